The summed E-state index contributed by atoms with van der Waals surface area (Å²) in [4.78, 5) is 12.5. The summed E-state index contributed by atoms with van der Waals surface area (Å²) in [5.41, 5.74) is -0.0796. The van der Waals surface area contributed by atoms with Crippen molar-refractivity contribution < 1.29 is 60.6 Å². The Morgan fingerprint density at radius 3 is 1.51 bits per heavy atom. The topological polar surface area (TPSA) is 112 Å². The summed E-state index contributed by atoms with van der Waals surface area (Å²) in [7, 11) is 1.63. The van der Waals surface area contributed by atoms with Crippen LogP contribution >= 0.6 is 0 Å². The van der Waals surface area contributed by atoms with Crippen molar-refractivity contribution in [2.75, 3.05) is 118 Å². The first-order valence-electron chi connectivity index (χ1n) is 14.7. The highest BCUT2D eigenvalue weighted by molar-refractivity contribution is 5.96. The Hall–Kier alpha value is -2.82. The fourth-order valence-electron chi connectivity index (χ4n) is 3.53. The van der Waals surface area contributed by atoms with Crippen molar-refractivity contribution in [2.45, 2.75) is 6.18 Å². The van der Waals surface area contributed by atoms with Gasteiger partial charge in [-0.1, -0.05) is 18.2 Å². The van der Waals surface area contributed by atoms with Gasteiger partial charge in [0.2, 0.25) is 0 Å². The van der Waals surface area contributed by atoms with E-state index in [1.54, 1.807) is 25.3 Å². The normalized spacial score (nSPS) is 11.6. The lowest BCUT2D eigenvalue weighted by atomic mass is 10.1. The highest BCUT2D eigenvalue weighted by Gasteiger charge is 2.30. The van der Waals surface area contributed by atoms with Gasteiger partial charge in [0.25, 0.3) is 0 Å². The summed E-state index contributed by atoms with van der Waals surface area (Å²) >= 11 is 0. The highest BCUT2D eigenvalue weighted by atomic mass is 19.4. The summed E-state index contributed by atoms with van der Waals surface area (Å²) in [6.45, 7) is 6.63. The molecule has 0 spiro atoms. The molecule has 0 saturated heterocycles. The standard InChI is InChI=1S/C31H44F3NO10/c1-37-9-10-38-11-12-39-13-14-40-15-16-41-17-18-42-19-20-43-21-22-44-23-24-45-30(36)28-7-2-3-8-29(28)35-27-6-4-5-26(25-27)31(32,33)34/h2-8,25,35H,9-24H2,1H3. The molecule has 0 bridgehead atoms. The minimum Gasteiger partial charge on any atom is -0.460 e. The molecule has 0 radical (unpaired) electrons. The number of carbonyl (C=O) groups excluding carboxylic acids is 1. The van der Waals surface area contributed by atoms with Crippen LogP contribution in [0.3, 0.4) is 0 Å². The van der Waals surface area contributed by atoms with Crippen LogP contribution in [-0.4, -0.2) is 119 Å². The second-order valence-electron chi connectivity index (χ2n) is 9.16. The number of rotatable bonds is 27. The third-order valence-electron chi connectivity index (χ3n) is 5.74. The van der Waals surface area contributed by atoms with Crippen molar-refractivity contribution in [3.8, 4) is 0 Å². The van der Waals surface area contributed by atoms with Crippen LogP contribution in [0.25, 0.3) is 0 Å². The summed E-state index contributed by atoms with van der Waals surface area (Å²) in [5, 5.41) is 2.85. The van der Waals surface area contributed by atoms with E-state index in [9.17, 15) is 18.0 Å². The van der Waals surface area contributed by atoms with Crippen LogP contribution in [0.5, 0.6) is 0 Å². The first-order chi connectivity index (χ1) is 21.9. The number of alkyl halides is 3. The van der Waals surface area contributed by atoms with Crippen molar-refractivity contribution >= 4 is 17.3 Å². The Balaban J connectivity index is 1.40. The molecular weight excluding hydrogens is 603 g/mol. The summed E-state index contributed by atoms with van der Waals surface area (Å²) in [5.74, 6) is -0.625. The van der Waals surface area contributed by atoms with Crippen molar-refractivity contribution in [1.29, 1.82) is 0 Å². The van der Waals surface area contributed by atoms with Gasteiger partial charge in [-0.05, 0) is 30.3 Å². The number of halogens is 3. The summed E-state index contributed by atoms with van der Waals surface area (Å²) < 4.78 is 87.0. The zero-order valence-corrected chi connectivity index (χ0v) is 25.6. The fourth-order valence-corrected chi connectivity index (χ4v) is 3.53. The lowest BCUT2D eigenvalue weighted by Crippen LogP contribution is -2.15. The molecule has 14 heteroatoms. The Morgan fingerprint density at radius 2 is 1.04 bits per heavy atom. The molecule has 0 aliphatic rings. The molecule has 0 unspecified atom stereocenters. The monoisotopic (exact) mass is 647 g/mol. The predicted octanol–water partition coefficient (Wildman–Crippen LogP) is 4.37. The molecule has 2 aromatic rings. The highest BCUT2D eigenvalue weighted by Crippen LogP contribution is 2.32. The zero-order valence-electron chi connectivity index (χ0n) is 25.6. The fraction of sp³-hybridized carbons (Fsp3) is 0.581. The van der Waals surface area contributed by atoms with Gasteiger partial charge in [0, 0.05) is 12.8 Å². The molecular formula is C31H44F3NO10. The zero-order chi connectivity index (χ0) is 32.4. The summed E-state index contributed by atoms with van der Waals surface area (Å²) in [6.07, 6.45) is -4.47. The number of esters is 1. The van der Waals surface area contributed by atoms with Crippen molar-refractivity contribution in [1.82, 2.24) is 0 Å². The van der Waals surface area contributed by atoms with Crippen molar-refractivity contribution in [2.24, 2.45) is 0 Å². The number of benzene rings is 2. The smallest absolute Gasteiger partial charge is 0.416 e. The minimum atomic E-state index is -4.47. The van der Waals surface area contributed by atoms with Gasteiger partial charge in [-0.25, -0.2) is 4.79 Å². The lowest BCUT2D eigenvalue weighted by Gasteiger charge is -2.13. The molecule has 0 amide bonds. The van der Waals surface area contributed by atoms with Gasteiger partial charge in [0.1, 0.15) is 6.61 Å². The molecule has 45 heavy (non-hydrogen) atoms. The van der Waals surface area contributed by atoms with Gasteiger partial charge in [-0.3, -0.25) is 0 Å². The van der Waals surface area contributed by atoms with Crippen LogP contribution < -0.4 is 5.32 Å². The molecule has 0 aliphatic carbocycles. The van der Waals surface area contributed by atoms with Crippen LogP contribution in [0.4, 0.5) is 24.5 Å². The van der Waals surface area contributed by atoms with Gasteiger partial charge in [0.05, 0.1) is 116 Å². The van der Waals surface area contributed by atoms with E-state index in [0.29, 0.717) is 98.2 Å². The van der Waals surface area contributed by atoms with Gasteiger partial charge in [-0.15, -0.1) is 0 Å². The molecule has 0 saturated carbocycles. The van der Waals surface area contributed by atoms with Crippen molar-refractivity contribution in [3.05, 3.63) is 59.7 Å². The Labute approximate surface area is 262 Å². The number of ether oxygens (including phenoxy) is 9. The molecule has 0 aromatic heterocycles. The first-order valence-corrected chi connectivity index (χ1v) is 14.7. The quantitative estimate of drug-likeness (QED) is 0.110. The largest absolute Gasteiger partial charge is 0.460 e. The maximum atomic E-state index is 13.0. The minimum absolute atomic E-state index is 0.00375. The Bertz CT molecular complexity index is 1040. The van der Waals surface area contributed by atoms with Gasteiger partial charge in [0.15, 0.2) is 0 Å². The van der Waals surface area contributed by atoms with E-state index in [1.807, 2.05) is 0 Å². The van der Waals surface area contributed by atoms with E-state index in [1.165, 1.54) is 18.2 Å². The molecule has 11 nitrogen and oxygen atoms in total. The number of anilines is 2. The SMILES string of the molecule is COCCOCCOCCOCCOCCOCCOCCOCCOC(=O)c1ccccc1Nc1cccc(C(F)(F)F)c1. The van der Waals surface area contributed by atoms with Crippen LogP contribution in [0.2, 0.25) is 0 Å². The average Bonchev–Trinajstić information content (AvgIpc) is 3.03. The number of para-hydroxylation sites is 1. The van der Waals surface area contributed by atoms with Gasteiger partial charge >= 0.3 is 12.1 Å². The first kappa shape index (κ1) is 38.4. The number of methoxy groups -OCH3 is 1. The van der Waals surface area contributed by atoms with E-state index in [4.69, 9.17) is 42.6 Å². The molecule has 0 fully saturated rings. The molecule has 0 heterocycles. The molecule has 0 aliphatic heterocycles. The van der Waals surface area contributed by atoms with E-state index in [-0.39, 0.29) is 24.5 Å². The lowest BCUT2D eigenvalue weighted by molar-refractivity contribution is -0.137. The number of hydrogen-bond acceptors (Lipinski definition) is 11. The van der Waals surface area contributed by atoms with Crippen molar-refractivity contribution in [3.63, 3.8) is 0 Å². The summed E-state index contributed by atoms with van der Waals surface area (Å²) in [6, 6.07) is 11.1. The molecule has 1 N–H and O–H groups in total. The van der Waals surface area contributed by atoms with E-state index >= 15 is 0 Å². The molecule has 0 atom stereocenters. The Kier molecular flexibility index (Phi) is 20.8. The molecule has 254 valence electrons. The Morgan fingerprint density at radius 1 is 0.600 bits per heavy atom. The average molecular weight is 648 g/mol. The third kappa shape index (κ3) is 18.7. The van der Waals surface area contributed by atoms with Crippen LogP contribution in [0.1, 0.15) is 15.9 Å². The third-order valence-corrected chi connectivity index (χ3v) is 5.74. The van der Waals surface area contributed by atoms with E-state index in [0.717, 1.165) is 12.1 Å². The van der Waals surface area contributed by atoms with Crippen LogP contribution in [-0.2, 0) is 48.8 Å². The molecule has 2 rings (SSSR count). The number of nitrogens with one attached hydrogen (secondary N) is 1. The predicted molar refractivity (Wildman–Crippen MR) is 159 cm³/mol. The number of hydrogen-bond donors (Lipinski definition) is 1. The van der Waals surface area contributed by atoms with Crippen LogP contribution in [0.15, 0.2) is 48.5 Å². The number of carbonyl (C=O) groups is 1. The molecule has 2 aromatic carbocycles. The van der Waals surface area contributed by atoms with E-state index in [2.05, 4.69) is 5.32 Å². The van der Waals surface area contributed by atoms with E-state index < -0.39 is 17.7 Å². The second-order valence-corrected chi connectivity index (χ2v) is 9.16. The maximum absolute atomic E-state index is 13.0. The van der Waals surface area contributed by atoms with Gasteiger partial charge < -0.3 is 47.9 Å². The van der Waals surface area contributed by atoms with Crippen LogP contribution in [0, 0.1) is 0 Å². The van der Waals surface area contributed by atoms with Gasteiger partial charge in [-0.2, -0.15) is 13.2 Å². The second kappa shape index (κ2) is 24.4. The maximum Gasteiger partial charge on any atom is 0.416 e.